The van der Waals surface area contributed by atoms with Gasteiger partial charge in [0.15, 0.2) is 0 Å². The van der Waals surface area contributed by atoms with E-state index in [9.17, 15) is 0 Å². The monoisotopic (exact) mass is 747 g/mol. The summed E-state index contributed by atoms with van der Waals surface area (Å²) >= 11 is 0. The van der Waals surface area contributed by atoms with Gasteiger partial charge in [-0.1, -0.05) is 127 Å². The summed E-state index contributed by atoms with van der Waals surface area (Å²) in [6.45, 7) is 0. The Morgan fingerprint density at radius 1 is 0.414 bits per heavy atom. The largest absolute Gasteiger partial charge is 0.456 e. The van der Waals surface area contributed by atoms with Gasteiger partial charge in [-0.15, -0.1) is 0 Å². The Bertz CT molecular complexity index is 2920. The summed E-state index contributed by atoms with van der Waals surface area (Å²) in [5.74, 6) is 2.79. The number of benzene rings is 8. The van der Waals surface area contributed by atoms with Crippen LogP contribution in [0.15, 0.2) is 186 Å². The number of anilines is 3. The van der Waals surface area contributed by atoms with Gasteiger partial charge in [-0.3, -0.25) is 0 Å². The summed E-state index contributed by atoms with van der Waals surface area (Å²) in [5, 5.41) is 4.85. The lowest BCUT2D eigenvalue weighted by atomic mass is 9.48. The topological polar surface area (TPSA) is 16.4 Å². The Balaban J connectivity index is 0.932. The molecule has 0 amide bonds. The molecule has 8 aromatic carbocycles. The van der Waals surface area contributed by atoms with Crippen molar-refractivity contribution in [2.45, 2.75) is 43.9 Å². The molecule has 13 rings (SSSR count). The van der Waals surface area contributed by atoms with Crippen molar-refractivity contribution >= 4 is 49.8 Å². The SMILES string of the molecule is c1ccc(-c2cccc3cccc(-c4ccc(N(c5ccc(-c6ccc7oc8ccccc8c7c6)cc5)c5ccc(C67CC8CC(CC(C8)C6)C7)cc5)cc4)c23)cc1. The fourth-order valence-corrected chi connectivity index (χ4v) is 11.8. The summed E-state index contributed by atoms with van der Waals surface area (Å²) in [4.78, 5) is 2.43. The third kappa shape index (κ3) is 5.61. The maximum Gasteiger partial charge on any atom is 0.135 e. The van der Waals surface area contributed by atoms with E-state index >= 15 is 0 Å². The van der Waals surface area contributed by atoms with Crippen LogP contribution >= 0.6 is 0 Å². The standard InChI is InChI=1S/C56H45NO/c1-2-8-41(9-3-1)49-13-6-10-43-11-7-14-50(55(43)49)42-18-25-47(26-19-42)57(48-27-21-45(22-28-48)56-34-37-30-38(35-56)32-39(31-37)36-56)46-23-16-40(17-24-46)44-20-29-54-52(33-44)51-12-4-5-15-53(51)58-54/h1-29,33,37-39H,30-32,34-36H2. The van der Waals surface area contributed by atoms with Gasteiger partial charge in [0, 0.05) is 27.8 Å². The molecule has 2 nitrogen and oxygen atoms in total. The van der Waals surface area contributed by atoms with E-state index in [4.69, 9.17) is 4.42 Å². The van der Waals surface area contributed by atoms with E-state index in [1.165, 1.54) is 88.4 Å². The number of hydrogen-bond acceptors (Lipinski definition) is 2. The third-order valence-corrected chi connectivity index (χ3v) is 14.0. The number of nitrogens with zero attached hydrogens (tertiary/aromatic N) is 1. The molecule has 4 aliphatic rings. The highest BCUT2D eigenvalue weighted by atomic mass is 16.3. The van der Waals surface area contributed by atoms with E-state index in [2.05, 4.69) is 175 Å². The van der Waals surface area contributed by atoms with Gasteiger partial charge in [-0.2, -0.15) is 0 Å². The quantitative estimate of drug-likeness (QED) is 0.161. The smallest absolute Gasteiger partial charge is 0.135 e. The van der Waals surface area contributed by atoms with Gasteiger partial charge in [-0.05, 0) is 166 Å². The van der Waals surface area contributed by atoms with Gasteiger partial charge >= 0.3 is 0 Å². The zero-order valence-corrected chi connectivity index (χ0v) is 32.7. The zero-order valence-electron chi connectivity index (χ0n) is 32.7. The van der Waals surface area contributed by atoms with Gasteiger partial charge in [0.25, 0.3) is 0 Å². The molecule has 0 unspecified atom stereocenters. The van der Waals surface area contributed by atoms with E-state index in [1.54, 1.807) is 5.56 Å². The Morgan fingerprint density at radius 2 is 0.931 bits per heavy atom. The van der Waals surface area contributed by atoms with Crippen LogP contribution in [0, 0.1) is 17.8 Å². The highest BCUT2D eigenvalue weighted by Crippen LogP contribution is 2.61. The lowest BCUT2D eigenvalue weighted by Crippen LogP contribution is -2.48. The van der Waals surface area contributed by atoms with Crippen LogP contribution in [-0.4, -0.2) is 0 Å². The summed E-state index contributed by atoms with van der Waals surface area (Å²) in [7, 11) is 0. The molecule has 2 heteroatoms. The van der Waals surface area contributed by atoms with Crippen molar-refractivity contribution in [3.8, 4) is 33.4 Å². The first-order chi connectivity index (χ1) is 28.6. The van der Waals surface area contributed by atoms with Crippen molar-refractivity contribution in [3.05, 3.63) is 188 Å². The molecule has 4 aliphatic carbocycles. The first-order valence-electron chi connectivity index (χ1n) is 21.2. The van der Waals surface area contributed by atoms with Crippen LogP contribution in [-0.2, 0) is 5.41 Å². The molecular formula is C56H45NO. The maximum atomic E-state index is 6.14. The molecule has 1 aromatic heterocycles. The molecule has 0 N–H and O–H groups in total. The predicted molar refractivity (Wildman–Crippen MR) is 242 cm³/mol. The summed E-state index contributed by atoms with van der Waals surface area (Å²) in [5.41, 5.74) is 14.6. The van der Waals surface area contributed by atoms with E-state index in [0.29, 0.717) is 5.41 Å². The predicted octanol–water partition coefficient (Wildman–Crippen LogP) is 15.7. The zero-order chi connectivity index (χ0) is 38.2. The summed E-state index contributed by atoms with van der Waals surface area (Å²) in [6, 6.07) is 67.0. The van der Waals surface area contributed by atoms with Crippen molar-refractivity contribution in [3.63, 3.8) is 0 Å². The van der Waals surface area contributed by atoms with E-state index in [0.717, 1.165) is 51.1 Å². The minimum atomic E-state index is 0.375. The van der Waals surface area contributed by atoms with Gasteiger partial charge < -0.3 is 9.32 Å². The Labute approximate surface area is 340 Å². The van der Waals surface area contributed by atoms with Crippen LogP contribution < -0.4 is 4.90 Å². The van der Waals surface area contributed by atoms with E-state index in [1.807, 2.05) is 12.1 Å². The average Bonchev–Trinajstić information content (AvgIpc) is 3.65. The van der Waals surface area contributed by atoms with E-state index in [-0.39, 0.29) is 0 Å². The van der Waals surface area contributed by atoms with Gasteiger partial charge in [0.1, 0.15) is 11.2 Å². The van der Waals surface area contributed by atoms with Crippen molar-refractivity contribution in [1.82, 2.24) is 0 Å². The molecule has 4 saturated carbocycles. The van der Waals surface area contributed by atoms with Crippen LogP contribution in [0.1, 0.15) is 44.1 Å². The third-order valence-electron chi connectivity index (χ3n) is 14.0. The Kier molecular flexibility index (Phi) is 7.76. The van der Waals surface area contributed by atoms with Crippen LogP contribution in [0.2, 0.25) is 0 Å². The molecule has 0 radical (unpaired) electrons. The molecule has 0 spiro atoms. The molecule has 0 saturated heterocycles. The molecular weight excluding hydrogens is 703 g/mol. The van der Waals surface area contributed by atoms with Crippen LogP contribution in [0.4, 0.5) is 17.1 Å². The summed E-state index contributed by atoms with van der Waals surface area (Å²) in [6.07, 6.45) is 8.55. The van der Waals surface area contributed by atoms with Crippen molar-refractivity contribution in [2.24, 2.45) is 17.8 Å². The lowest BCUT2D eigenvalue weighted by molar-refractivity contribution is -0.00518. The Morgan fingerprint density at radius 3 is 1.57 bits per heavy atom. The highest BCUT2D eigenvalue weighted by Gasteiger charge is 2.51. The highest BCUT2D eigenvalue weighted by molar-refractivity contribution is 6.07. The fourth-order valence-electron chi connectivity index (χ4n) is 11.8. The van der Waals surface area contributed by atoms with Gasteiger partial charge in [-0.25, -0.2) is 0 Å². The molecule has 4 bridgehead atoms. The second-order valence-corrected chi connectivity index (χ2v) is 17.6. The maximum absolute atomic E-state index is 6.14. The lowest BCUT2D eigenvalue weighted by Gasteiger charge is -2.57. The molecule has 0 aliphatic heterocycles. The normalized spacial score (nSPS) is 20.9. The number of hydrogen-bond donors (Lipinski definition) is 0. The Hall–Kier alpha value is -6.38. The first-order valence-corrected chi connectivity index (χ1v) is 21.2. The molecule has 0 atom stereocenters. The number of rotatable bonds is 7. The number of para-hydroxylation sites is 1. The van der Waals surface area contributed by atoms with Crippen molar-refractivity contribution in [1.29, 1.82) is 0 Å². The van der Waals surface area contributed by atoms with E-state index < -0.39 is 0 Å². The first kappa shape index (κ1) is 33.7. The van der Waals surface area contributed by atoms with Crippen molar-refractivity contribution < 1.29 is 4.42 Å². The number of fused-ring (bicyclic) bond motifs is 4. The molecule has 9 aromatic rings. The minimum Gasteiger partial charge on any atom is -0.456 e. The fraction of sp³-hybridized carbons (Fsp3) is 0.179. The second kappa shape index (κ2) is 13.4. The molecule has 4 fully saturated rings. The van der Waals surface area contributed by atoms with Gasteiger partial charge in [0.05, 0.1) is 0 Å². The molecule has 58 heavy (non-hydrogen) atoms. The van der Waals surface area contributed by atoms with Crippen LogP contribution in [0.5, 0.6) is 0 Å². The summed E-state index contributed by atoms with van der Waals surface area (Å²) < 4.78 is 6.14. The number of furan rings is 1. The molecule has 1 heterocycles. The minimum absolute atomic E-state index is 0.375. The van der Waals surface area contributed by atoms with Crippen LogP contribution in [0.3, 0.4) is 0 Å². The van der Waals surface area contributed by atoms with Crippen LogP contribution in [0.25, 0.3) is 66.1 Å². The second-order valence-electron chi connectivity index (χ2n) is 17.6. The van der Waals surface area contributed by atoms with Crippen molar-refractivity contribution in [2.75, 3.05) is 4.90 Å². The van der Waals surface area contributed by atoms with Gasteiger partial charge in [0.2, 0.25) is 0 Å². The molecule has 280 valence electrons. The average molecular weight is 748 g/mol.